The molecule has 3 rings (SSSR count). The summed E-state index contributed by atoms with van der Waals surface area (Å²) in [5.74, 6) is -0.0433. The molecule has 1 N–H and O–H groups in total. The first-order valence-corrected chi connectivity index (χ1v) is 8.20. The summed E-state index contributed by atoms with van der Waals surface area (Å²) in [6, 6.07) is 0. The van der Waals surface area contributed by atoms with E-state index in [1.54, 1.807) is 11.3 Å². The van der Waals surface area contributed by atoms with Crippen LogP contribution in [0.1, 0.15) is 45.6 Å². The molecule has 2 heterocycles. The number of aryl methyl sites for hydroxylation is 2. The lowest BCUT2D eigenvalue weighted by molar-refractivity contribution is 0.102. The zero-order valence-electron chi connectivity index (χ0n) is 10.7. The zero-order valence-corrected chi connectivity index (χ0v) is 12.4. The summed E-state index contributed by atoms with van der Waals surface area (Å²) in [5, 5.41) is 14.4. The molecule has 0 saturated heterocycles. The second kappa shape index (κ2) is 5.38. The lowest BCUT2D eigenvalue weighted by Gasteiger charge is -2.12. The fourth-order valence-electron chi connectivity index (χ4n) is 2.30. The lowest BCUT2D eigenvalue weighted by Crippen LogP contribution is -2.14. The van der Waals surface area contributed by atoms with E-state index in [1.807, 2.05) is 12.3 Å². The maximum atomic E-state index is 12.3. The Labute approximate surface area is 119 Å². The molecule has 4 nitrogen and oxygen atoms in total. The van der Waals surface area contributed by atoms with Crippen LogP contribution in [0.3, 0.4) is 0 Å². The normalized spacial score (nSPS) is 14.2. The highest BCUT2D eigenvalue weighted by Crippen LogP contribution is 2.30. The number of thiophene rings is 1. The molecule has 0 fully saturated rings. The second-order valence-electron chi connectivity index (χ2n) is 4.57. The van der Waals surface area contributed by atoms with Crippen molar-refractivity contribution in [2.45, 2.75) is 39.0 Å². The van der Waals surface area contributed by atoms with Gasteiger partial charge in [0.15, 0.2) is 0 Å². The third-order valence-corrected chi connectivity index (χ3v) is 5.37. The van der Waals surface area contributed by atoms with Crippen molar-refractivity contribution in [3.8, 4) is 0 Å². The topological polar surface area (TPSA) is 54.9 Å². The van der Waals surface area contributed by atoms with E-state index >= 15 is 0 Å². The fourth-order valence-corrected chi connectivity index (χ4v) is 4.10. The van der Waals surface area contributed by atoms with E-state index in [0.717, 1.165) is 29.8 Å². The molecule has 0 bridgehead atoms. The summed E-state index contributed by atoms with van der Waals surface area (Å²) < 4.78 is 0. The number of anilines is 1. The van der Waals surface area contributed by atoms with Crippen LogP contribution >= 0.6 is 22.7 Å². The summed E-state index contributed by atoms with van der Waals surface area (Å²) in [6.45, 7) is 2.03. The Hall–Kier alpha value is -1.27. The summed E-state index contributed by atoms with van der Waals surface area (Å²) in [7, 11) is 0. The van der Waals surface area contributed by atoms with Gasteiger partial charge in [0.25, 0.3) is 5.91 Å². The van der Waals surface area contributed by atoms with Gasteiger partial charge >= 0.3 is 0 Å². The van der Waals surface area contributed by atoms with E-state index in [9.17, 15) is 4.79 Å². The Morgan fingerprint density at radius 3 is 3.00 bits per heavy atom. The number of amides is 1. The Kier molecular flexibility index (Phi) is 3.61. The van der Waals surface area contributed by atoms with Crippen LogP contribution in [0.15, 0.2) is 5.38 Å². The standard InChI is InChI=1S/C13H15N3OS2/c1-2-11-15-16-13(19-11)14-12(17)9-7-18-10-6-4-3-5-8(9)10/h7H,2-6H2,1H3,(H,14,16,17). The van der Waals surface area contributed by atoms with Gasteiger partial charge in [-0.15, -0.1) is 21.5 Å². The first-order valence-electron chi connectivity index (χ1n) is 6.51. The van der Waals surface area contributed by atoms with Crippen molar-refractivity contribution in [2.75, 3.05) is 5.32 Å². The highest BCUT2D eigenvalue weighted by Gasteiger charge is 2.20. The quantitative estimate of drug-likeness (QED) is 0.944. The maximum absolute atomic E-state index is 12.3. The number of carbonyl (C=O) groups excluding carboxylic acids is 1. The number of rotatable bonds is 3. The van der Waals surface area contributed by atoms with Gasteiger partial charge < -0.3 is 0 Å². The molecule has 1 amide bonds. The molecule has 0 atom stereocenters. The second-order valence-corrected chi connectivity index (χ2v) is 6.59. The van der Waals surface area contributed by atoms with Gasteiger partial charge in [0.1, 0.15) is 5.01 Å². The minimum atomic E-state index is -0.0433. The third kappa shape index (κ3) is 2.55. The molecule has 0 unspecified atom stereocenters. The molecule has 1 aliphatic carbocycles. The van der Waals surface area contributed by atoms with Crippen molar-refractivity contribution < 1.29 is 4.79 Å². The molecular formula is C13H15N3OS2. The van der Waals surface area contributed by atoms with Gasteiger partial charge in [0, 0.05) is 10.3 Å². The third-order valence-electron chi connectivity index (χ3n) is 3.30. The number of nitrogens with zero attached hydrogens (tertiary/aromatic N) is 2. The molecule has 2 aromatic heterocycles. The highest BCUT2D eigenvalue weighted by molar-refractivity contribution is 7.15. The molecule has 0 spiro atoms. The molecule has 19 heavy (non-hydrogen) atoms. The monoisotopic (exact) mass is 293 g/mol. The Balaban J connectivity index is 1.78. The summed E-state index contributed by atoms with van der Waals surface area (Å²) in [6.07, 6.45) is 5.42. The Morgan fingerprint density at radius 1 is 1.37 bits per heavy atom. The van der Waals surface area contributed by atoms with E-state index in [-0.39, 0.29) is 5.91 Å². The maximum Gasteiger partial charge on any atom is 0.258 e. The van der Waals surface area contributed by atoms with Gasteiger partial charge in [-0.2, -0.15) is 0 Å². The minimum Gasteiger partial charge on any atom is -0.296 e. The number of aromatic nitrogens is 2. The first-order chi connectivity index (χ1) is 9.28. The van der Waals surface area contributed by atoms with E-state index in [2.05, 4.69) is 15.5 Å². The van der Waals surface area contributed by atoms with Crippen molar-refractivity contribution >= 4 is 33.7 Å². The van der Waals surface area contributed by atoms with Gasteiger partial charge in [-0.25, -0.2) is 0 Å². The van der Waals surface area contributed by atoms with Crippen molar-refractivity contribution in [2.24, 2.45) is 0 Å². The minimum absolute atomic E-state index is 0.0433. The Morgan fingerprint density at radius 2 is 2.21 bits per heavy atom. The molecule has 100 valence electrons. The van der Waals surface area contributed by atoms with Gasteiger partial charge in [-0.1, -0.05) is 18.3 Å². The number of hydrogen-bond acceptors (Lipinski definition) is 5. The summed E-state index contributed by atoms with van der Waals surface area (Å²) in [5.41, 5.74) is 2.07. The molecule has 0 aliphatic heterocycles. The van der Waals surface area contributed by atoms with Gasteiger partial charge in [0.05, 0.1) is 5.56 Å². The molecular weight excluding hydrogens is 278 g/mol. The molecule has 0 radical (unpaired) electrons. The van der Waals surface area contributed by atoms with E-state index in [0.29, 0.717) is 5.13 Å². The van der Waals surface area contributed by atoms with Crippen LogP contribution in [0.2, 0.25) is 0 Å². The molecule has 2 aromatic rings. The van der Waals surface area contributed by atoms with Crippen LogP contribution in [0, 0.1) is 0 Å². The number of nitrogens with one attached hydrogen (secondary N) is 1. The molecule has 6 heteroatoms. The summed E-state index contributed by atoms with van der Waals surface area (Å²) >= 11 is 3.15. The van der Waals surface area contributed by atoms with Crippen LogP contribution in [0.25, 0.3) is 0 Å². The summed E-state index contributed by atoms with van der Waals surface area (Å²) in [4.78, 5) is 13.7. The number of hydrogen-bond donors (Lipinski definition) is 1. The zero-order chi connectivity index (χ0) is 13.2. The van der Waals surface area contributed by atoms with E-state index in [1.165, 1.54) is 34.6 Å². The van der Waals surface area contributed by atoms with Gasteiger partial charge in [-0.3, -0.25) is 10.1 Å². The number of fused-ring (bicyclic) bond motifs is 1. The van der Waals surface area contributed by atoms with Crippen molar-refractivity contribution in [1.29, 1.82) is 0 Å². The van der Waals surface area contributed by atoms with Crippen LogP contribution in [0.4, 0.5) is 5.13 Å². The predicted molar refractivity (Wildman–Crippen MR) is 78.2 cm³/mol. The van der Waals surface area contributed by atoms with Crippen molar-refractivity contribution in [3.05, 3.63) is 26.4 Å². The average Bonchev–Trinajstić information content (AvgIpc) is 3.04. The molecule has 1 aliphatic rings. The lowest BCUT2D eigenvalue weighted by atomic mass is 9.96. The average molecular weight is 293 g/mol. The van der Waals surface area contributed by atoms with Gasteiger partial charge in [0.2, 0.25) is 5.13 Å². The van der Waals surface area contributed by atoms with Crippen LogP contribution in [-0.4, -0.2) is 16.1 Å². The van der Waals surface area contributed by atoms with Crippen LogP contribution in [-0.2, 0) is 19.3 Å². The molecule has 0 saturated carbocycles. The van der Waals surface area contributed by atoms with E-state index in [4.69, 9.17) is 0 Å². The predicted octanol–water partition coefficient (Wildman–Crippen LogP) is 3.29. The van der Waals surface area contributed by atoms with Crippen molar-refractivity contribution in [1.82, 2.24) is 10.2 Å². The number of carbonyl (C=O) groups is 1. The Bertz CT molecular complexity index is 603. The van der Waals surface area contributed by atoms with E-state index < -0.39 is 0 Å². The fraction of sp³-hybridized carbons (Fsp3) is 0.462. The highest BCUT2D eigenvalue weighted by atomic mass is 32.1. The first kappa shape index (κ1) is 12.7. The largest absolute Gasteiger partial charge is 0.296 e. The van der Waals surface area contributed by atoms with Gasteiger partial charge in [-0.05, 0) is 37.7 Å². The smallest absolute Gasteiger partial charge is 0.258 e. The van der Waals surface area contributed by atoms with Crippen LogP contribution in [0.5, 0.6) is 0 Å². The van der Waals surface area contributed by atoms with Crippen molar-refractivity contribution in [3.63, 3.8) is 0 Å². The molecule has 0 aromatic carbocycles. The van der Waals surface area contributed by atoms with Crippen LogP contribution < -0.4 is 5.32 Å². The SMILES string of the molecule is CCc1nnc(NC(=O)c2csc3c2CCCC3)s1.